The van der Waals surface area contributed by atoms with Gasteiger partial charge in [-0.2, -0.15) is 0 Å². The van der Waals surface area contributed by atoms with Crippen molar-refractivity contribution in [2.45, 2.75) is 50.5 Å². The number of hydrogen-bond acceptors (Lipinski definition) is 4. The first-order chi connectivity index (χ1) is 22.2. The van der Waals surface area contributed by atoms with Gasteiger partial charge in [-0.15, -0.1) is 0 Å². The summed E-state index contributed by atoms with van der Waals surface area (Å²) in [5.74, 6) is 0.735. The van der Waals surface area contributed by atoms with Crippen LogP contribution in [-0.2, 0) is 26.3 Å². The number of benzene rings is 3. The lowest BCUT2D eigenvalue weighted by molar-refractivity contribution is -0.122. The number of para-hydroxylation sites is 1. The second kappa shape index (κ2) is 11.0. The quantitative estimate of drug-likeness (QED) is 0.175. The van der Waals surface area contributed by atoms with E-state index in [1.54, 1.807) is 35.0 Å². The summed E-state index contributed by atoms with van der Waals surface area (Å²) in [5, 5.41) is 6.54. The van der Waals surface area contributed by atoms with Crippen LogP contribution in [-0.4, -0.2) is 28.3 Å². The van der Waals surface area contributed by atoms with Gasteiger partial charge in [-0.25, -0.2) is 9.69 Å². The molecule has 8 nitrogen and oxygen atoms in total. The molecule has 4 saturated carbocycles. The van der Waals surface area contributed by atoms with E-state index in [0.717, 1.165) is 33.6 Å². The smallest absolute Gasteiger partial charge is 0.335 e. The van der Waals surface area contributed by atoms with Crippen LogP contribution in [0.2, 0.25) is 5.02 Å². The fraction of sp³-hybridized carbons (Fsp3) is 0.297. The predicted octanol–water partition coefficient (Wildman–Crippen LogP) is 7.07. The molecule has 0 atom stereocenters. The maximum Gasteiger partial charge on any atom is 0.335 e. The summed E-state index contributed by atoms with van der Waals surface area (Å²) in [7, 11) is 0. The van der Waals surface area contributed by atoms with Gasteiger partial charge in [0.1, 0.15) is 12.1 Å². The van der Waals surface area contributed by atoms with Crippen molar-refractivity contribution in [2.24, 2.45) is 17.8 Å². The number of anilines is 2. The molecule has 0 spiro atoms. The van der Waals surface area contributed by atoms with Crippen molar-refractivity contribution in [3.63, 3.8) is 0 Å². The Bertz CT molecular complexity index is 1910. The highest BCUT2D eigenvalue weighted by Gasteiger charge is 2.51. The summed E-state index contributed by atoms with van der Waals surface area (Å²) < 4.78 is 1.77. The van der Waals surface area contributed by atoms with Crippen LogP contribution in [0.25, 0.3) is 17.0 Å². The zero-order valence-corrected chi connectivity index (χ0v) is 25.9. The summed E-state index contributed by atoms with van der Waals surface area (Å²) in [6, 6.07) is 21.4. The first kappa shape index (κ1) is 28.8. The molecule has 9 rings (SSSR count). The van der Waals surface area contributed by atoms with Crippen LogP contribution < -0.4 is 15.5 Å². The van der Waals surface area contributed by atoms with Gasteiger partial charge in [0.25, 0.3) is 11.8 Å². The topological polar surface area (TPSA) is 101 Å². The molecule has 1 aromatic heterocycles. The number of urea groups is 1. The molecule has 3 aromatic carbocycles. The van der Waals surface area contributed by atoms with Crippen molar-refractivity contribution in [3.8, 4) is 0 Å². The molecule has 5 aliphatic rings. The van der Waals surface area contributed by atoms with E-state index in [9.17, 15) is 19.2 Å². The molecule has 9 heteroatoms. The third-order valence-electron chi connectivity index (χ3n) is 10.4. The summed E-state index contributed by atoms with van der Waals surface area (Å²) in [6.07, 6.45) is 11.0. The highest BCUT2D eigenvalue weighted by atomic mass is 35.5. The van der Waals surface area contributed by atoms with E-state index in [0.29, 0.717) is 22.0 Å². The van der Waals surface area contributed by atoms with E-state index in [4.69, 9.17) is 11.6 Å². The number of rotatable bonds is 6. The number of amides is 5. The Morgan fingerprint density at radius 2 is 1.54 bits per heavy atom. The van der Waals surface area contributed by atoms with E-state index in [-0.39, 0.29) is 23.4 Å². The molecule has 0 unspecified atom stereocenters. The fourth-order valence-corrected chi connectivity index (χ4v) is 9.01. The minimum absolute atomic E-state index is 0.00709. The molecule has 232 valence electrons. The lowest BCUT2D eigenvalue weighted by Crippen LogP contribution is -2.54. The Hall–Kier alpha value is -4.69. The van der Waals surface area contributed by atoms with Gasteiger partial charge >= 0.3 is 6.03 Å². The molecule has 4 aliphatic carbocycles. The Morgan fingerprint density at radius 1 is 0.891 bits per heavy atom. The standard InChI is InChI=1S/C37H33ClN4O4/c38-27-7-9-28(10-8-27)39-33(43)21-41-20-25(30-3-1-2-4-32(30)41)16-31-34(44)40-36(46)42(35(31)45)29-11-5-26(6-12-29)37-17-22-13-23(18-37)15-24(14-22)19-37/h1-12,16,20,22-24H,13-15,17-19,21H2,(H,39,43)(H,40,44,46)/b31-16+. The fourth-order valence-electron chi connectivity index (χ4n) is 8.89. The SMILES string of the molecule is O=C(Cn1cc(/C=C2\C(=O)NC(=O)N(c3ccc(C45CC6CC(CC(C6)C4)C5)cc3)C2=O)c2ccccc21)Nc1ccc(Cl)cc1. The molecule has 4 aromatic rings. The lowest BCUT2D eigenvalue weighted by Gasteiger charge is -2.57. The Labute approximate surface area is 271 Å². The number of nitrogens with one attached hydrogen (secondary N) is 2. The number of carbonyl (C=O) groups is 4. The van der Waals surface area contributed by atoms with Crippen LogP contribution in [0.5, 0.6) is 0 Å². The maximum atomic E-state index is 13.8. The number of fused-ring (bicyclic) bond motifs is 1. The zero-order chi connectivity index (χ0) is 31.6. The second-order valence-corrected chi connectivity index (χ2v) is 13.9. The van der Waals surface area contributed by atoms with Crippen molar-refractivity contribution in [2.75, 3.05) is 10.2 Å². The van der Waals surface area contributed by atoms with Crippen LogP contribution >= 0.6 is 11.6 Å². The zero-order valence-electron chi connectivity index (χ0n) is 25.2. The molecule has 5 amide bonds. The van der Waals surface area contributed by atoms with Gasteiger partial charge in [0.15, 0.2) is 0 Å². The van der Waals surface area contributed by atoms with Crippen LogP contribution in [0, 0.1) is 17.8 Å². The van der Waals surface area contributed by atoms with E-state index >= 15 is 0 Å². The second-order valence-electron chi connectivity index (χ2n) is 13.5. The van der Waals surface area contributed by atoms with Gasteiger partial charge in [0.05, 0.1) is 5.69 Å². The molecule has 46 heavy (non-hydrogen) atoms. The molecule has 0 radical (unpaired) electrons. The van der Waals surface area contributed by atoms with Gasteiger partial charge in [-0.1, -0.05) is 41.9 Å². The van der Waals surface area contributed by atoms with Crippen LogP contribution in [0.4, 0.5) is 16.2 Å². The first-order valence-electron chi connectivity index (χ1n) is 15.9. The molecule has 2 N–H and O–H groups in total. The van der Waals surface area contributed by atoms with Gasteiger partial charge in [-0.3, -0.25) is 19.7 Å². The van der Waals surface area contributed by atoms with Crippen molar-refractivity contribution >= 4 is 63.7 Å². The van der Waals surface area contributed by atoms with Crippen molar-refractivity contribution in [1.82, 2.24) is 9.88 Å². The number of nitrogens with zero attached hydrogens (tertiary/aromatic N) is 2. The summed E-state index contributed by atoms with van der Waals surface area (Å²) in [5.41, 5.74) is 3.72. The van der Waals surface area contributed by atoms with Crippen LogP contribution in [0.3, 0.4) is 0 Å². The number of carbonyl (C=O) groups excluding carboxylic acids is 4. The van der Waals surface area contributed by atoms with Crippen molar-refractivity contribution in [3.05, 3.63) is 101 Å². The van der Waals surface area contributed by atoms with Crippen molar-refractivity contribution < 1.29 is 19.2 Å². The number of hydrogen-bond donors (Lipinski definition) is 2. The third kappa shape index (κ3) is 5.01. The Morgan fingerprint density at radius 3 is 2.22 bits per heavy atom. The van der Waals surface area contributed by atoms with Crippen LogP contribution in [0.15, 0.2) is 84.6 Å². The van der Waals surface area contributed by atoms with Gasteiger partial charge in [-0.05, 0) is 116 Å². The average Bonchev–Trinajstić information content (AvgIpc) is 3.36. The van der Waals surface area contributed by atoms with E-state index in [1.807, 2.05) is 36.4 Å². The van der Waals surface area contributed by atoms with E-state index in [1.165, 1.54) is 50.2 Å². The average molecular weight is 633 g/mol. The number of aromatic nitrogens is 1. The van der Waals surface area contributed by atoms with Crippen molar-refractivity contribution in [1.29, 1.82) is 0 Å². The first-order valence-corrected chi connectivity index (χ1v) is 16.3. The highest BCUT2D eigenvalue weighted by Crippen LogP contribution is 2.60. The largest absolute Gasteiger partial charge is 0.337 e. The van der Waals surface area contributed by atoms with Gasteiger partial charge < -0.3 is 9.88 Å². The Kier molecular flexibility index (Phi) is 6.87. The summed E-state index contributed by atoms with van der Waals surface area (Å²) >= 11 is 5.96. The summed E-state index contributed by atoms with van der Waals surface area (Å²) in [4.78, 5) is 53.8. The molecule has 1 saturated heterocycles. The number of imide groups is 2. The minimum atomic E-state index is -0.768. The number of halogens is 1. The van der Waals surface area contributed by atoms with Gasteiger partial charge in [0, 0.05) is 33.4 Å². The molecular weight excluding hydrogens is 600 g/mol. The third-order valence-corrected chi connectivity index (χ3v) is 10.7. The Balaban J connectivity index is 1.06. The lowest BCUT2D eigenvalue weighted by atomic mass is 9.48. The molecule has 1 aliphatic heterocycles. The van der Waals surface area contributed by atoms with Gasteiger partial charge in [0.2, 0.25) is 5.91 Å². The molecule has 4 bridgehead atoms. The van der Waals surface area contributed by atoms with Crippen LogP contribution in [0.1, 0.15) is 49.7 Å². The maximum absolute atomic E-state index is 13.8. The van der Waals surface area contributed by atoms with E-state index in [2.05, 4.69) is 22.8 Å². The number of barbiturate groups is 1. The minimum Gasteiger partial charge on any atom is -0.337 e. The monoisotopic (exact) mass is 632 g/mol. The predicted molar refractivity (Wildman–Crippen MR) is 177 cm³/mol. The van der Waals surface area contributed by atoms with E-state index < -0.39 is 17.8 Å². The highest BCUT2D eigenvalue weighted by molar-refractivity contribution is 6.39. The normalized spacial score (nSPS) is 26.2. The molecular formula is C37H33ClN4O4. The summed E-state index contributed by atoms with van der Waals surface area (Å²) in [6.45, 7) is 0.00709. The molecule has 5 fully saturated rings. The molecule has 2 heterocycles.